The van der Waals surface area contributed by atoms with Gasteiger partial charge in [-0.2, -0.15) is 0 Å². The zero-order valence-corrected chi connectivity index (χ0v) is 26.8. The molecule has 0 spiro atoms. The zero-order chi connectivity index (χ0) is 28.8. The van der Waals surface area contributed by atoms with Gasteiger partial charge in [0.1, 0.15) is 11.3 Å². The SMILES string of the molecule is CC(=O)c1ccccc1O.Cc1[c-]c(-c2ncc(C3CC3)c3cc(C4CCCC4)ccc23)c2oc3ccccc3c2c1.[Ir]. The van der Waals surface area contributed by atoms with Crippen molar-refractivity contribution in [3.63, 3.8) is 0 Å². The molecule has 2 heterocycles. The Kier molecular flexibility index (Phi) is 8.22. The average molecular weight is 745 g/mol. The number of hydrogen-bond donors (Lipinski definition) is 1. The summed E-state index contributed by atoms with van der Waals surface area (Å²) in [6, 6.07) is 27.7. The van der Waals surface area contributed by atoms with E-state index in [1.54, 1.807) is 18.2 Å². The minimum atomic E-state index is -0.113. The van der Waals surface area contributed by atoms with E-state index in [-0.39, 0.29) is 31.6 Å². The first-order chi connectivity index (χ1) is 20.5. The second-order valence-electron chi connectivity index (χ2n) is 11.9. The van der Waals surface area contributed by atoms with E-state index in [1.807, 2.05) is 12.1 Å². The Hall–Kier alpha value is -3.79. The van der Waals surface area contributed by atoms with E-state index >= 15 is 0 Å². The molecule has 0 aliphatic heterocycles. The number of ketones is 1. The molecule has 1 radical (unpaired) electrons. The molecule has 2 aromatic heterocycles. The van der Waals surface area contributed by atoms with Gasteiger partial charge in [-0.05, 0) is 90.2 Å². The first-order valence-electron chi connectivity index (χ1n) is 15.0. The van der Waals surface area contributed by atoms with Crippen molar-refractivity contribution in [2.75, 3.05) is 0 Å². The van der Waals surface area contributed by atoms with Crippen molar-refractivity contribution in [3.8, 4) is 17.0 Å². The van der Waals surface area contributed by atoms with Crippen molar-refractivity contribution < 1.29 is 34.4 Å². The van der Waals surface area contributed by atoms with Crippen LogP contribution in [0.5, 0.6) is 5.75 Å². The van der Waals surface area contributed by atoms with Gasteiger partial charge in [0.05, 0.1) is 11.1 Å². The Bertz CT molecular complexity index is 1960. The Morgan fingerprint density at radius 1 is 0.860 bits per heavy atom. The van der Waals surface area contributed by atoms with Crippen molar-refractivity contribution >= 4 is 38.5 Å². The third-order valence-electron chi connectivity index (χ3n) is 8.85. The fraction of sp³-hybridized carbons (Fsp3) is 0.263. The molecule has 0 unspecified atom stereocenters. The van der Waals surface area contributed by atoms with Gasteiger partial charge < -0.3 is 14.5 Å². The first-order valence-corrected chi connectivity index (χ1v) is 15.0. The van der Waals surface area contributed by atoms with Crippen LogP contribution in [0.1, 0.15) is 84.3 Å². The van der Waals surface area contributed by atoms with Crippen LogP contribution in [-0.4, -0.2) is 15.9 Å². The minimum Gasteiger partial charge on any atom is -0.507 e. The van der Waals surface area contributed by atoms with E-state index < -0.39 is 0 Å². The molecule has 2 aliphatic rings. The maximum absolute atomic E-state index is 10.7. The molecule has 43 heavy (non-hydrogen) atoms. The number of carbonyl (C=O) groups excluding carboxylic acids is 1. The molecule has 2 fully saturated rings. The standard InChI is InChI=1S/C30H26NO.C8H8O2.Ir/c1-18-14-25-22-8-4-5-9-28(22)32-30(25)26(15-18)29-23-13-12-21(19-6-2-3-7-19)16-24(23)27(17-31-29)20-10-11-20;1-6(9)7-4-2-3-5-8(7)10;/h4-5,8-9,12-14,16-17,19-20H,2-3,6-7,10-11H2,1H3;2-5,10H,1H3;/q-1;;. The van der Waals surface area contributed by atoms with Crippen LogP contribution in [-0.2, 0) is 20.1 Å². The van der Waals surface area contributed by atoms with Crippen molar-refractivity contribution in [1.29, 1.82) is 0 Å². The second kappa shape index (κ2) is 12.1. The molecule has 219 valence electrons. The van der Waals surface area contributed by atoms with E-state index in [1.165, 1.54) is 73.4 Å². The number of nitrogens with zero attached hydrogens (tertiary/aromatic N) is 1. The third-order valence-corrected chi connectivity index (χ3v) is 8.85. The van der Waals surface area contributed by atoms with Crippen LogP contribution in [0.4, 0.5) is 0 Å². The number of furan rings is 1. The number of aryl methyl sites for hydroxylation is 1. The van der Waals surface area contributed by atoms with Gasteiger partial charge in [0, 0.05) is 31.7 Å². The summed E-state index contributed by atoms with van der Waals surface area (Å²) < 4.78 is 6.37. The molecule has 1 N–H and O–H groups in total. The van der Waals surface area contributed by atoms with Crippen LogP contribution in [0.25, 0.3) is 44.0 Å². The van der Waals surface area contributed by atoms with Gasteiger partial charge in [-0.3, -0.25) is 4.79 Å². The Morgan fingerprint density at radius 2 is 1.60 bits per heavy atom. The van der Waals surface area contributed by atoms with Crippen molar-refractivity contribution in [1.82, 2.24) is 4.98 Å². The van der Waals surface area contributed by atoms with Gasteiger partial charge in [0.2, 0.25) is 0 Å². The molecule has 2 aliphatic carbocycles. The molecule has 0 atom stereocenters. The molecule has 0 saturated heterocycles. The monoisotopic (exact) mass is 745 g/mol. The number of pyridine rings is 1. The number of hydrogen-bond acceptors (Lipinski definition) is 4. The van der Waals surface area contributed by atoms with Crippen LogP contribution in [0.3, 0.4) is 0 Å². The van der Waals surface area contributed by atoms with Crippen molar-refractivity contribution in [2.45, 2.75) is 64.2 Å². The summed E-state index contributed by atoms with van der Waals surface area (Å²) in [7, 11) is 0. The van der Waals surface area contributed by atoms with Gasteiger partial charge >= 0.3 is 0 Å². The van der Waals surface area contributed by atoms with Crippen molar-refractivity contribution in [2.24, 2.45) is 0 Å². The van der Waals surface area contributed by atoms with Crippen LogP contribution in [0.15, 0.2) is 83.4 Å². The molecule has 8 rings (SSSR count). The van der Waals surface area contributed by atoms with Gasteiger partial charge in [-0.15, -0.1) is 17.7 Å². The number of aromatic hydroxyl groups is 1. The van der Waals surface area contributed by atoms with E-state index in [2.05, 4.69) is 55.6 Å². The third kappa shape index (κ3) is 5.64. The van der Waals surface area contributed by atoms with E-state index in [4.69, 9.17) is 14.5 Å². The van der Waals surface area contributed by atoms with Crippen LogP contribution in [0.2, 0.25) is 0 Å². The molecule has 0 bridgehead atoms. The Labute approximate surface area is 265 Å². The number of carbonyl (C=O) groups is 1. The summed E-state index contributed by atoms with van der Waals surface area (Å²) >= 11 is 0. The van der Waals surface area contributed by atoms with Crippen LogP contribution in [0, 0.1) is 13.0 Å². The first kappa shape index (κ1) is 29.3. The molecule has 6 aromatic rings. The average Bonchev–Trinajstić information content (AvgIpc) is 3.55. The largest absolute Gasteiger partial charge is 0.507 e. The molecular formula is C38H34IrNO3-. The fourth-order valence-corrected chi connectivity index (χ4v) is 6.55. The number of fused-ring (bicyclic) bond motifs is 4. The normalized spacial score (nSPS) is 14.9. The summed E-state index contributed by atoms with van der Waals surface area (Å²) in [6.45, 7) is 3.54. The molecule has 4 aromatic carbocycles. The fourth-order valence-electron chi connectivity index (χ4n) is 6.55. The minimum absolute atomic E-state index is 0. The zero-order valence-electron chi connectivity index (χ0n) is 24.4. The summed E-state index contributed by atoms with van der Waals surface area (Å²) in [4.78, 5) is 15.7. The summed E-state index contributed by atoms with van der Waals surface area (Å²) in [5.41, 5.74) is 8.22. The number of phenols is 1. The molecule has 5 heteroatoms. The quantitative estimate of drug-likeness (QED) is 0.144. The van der Waals surface area contributed by atoms with E-state index in [0.717, 1.165) is 44.7 Å². The maximum atomic E-state index is 10.7. The topological polar surface area (TPSA) is 63.3 Å². The number of benzene rings is 4. The predicted octanol–water partition coefficient (Wildman–Crippen LogP) is 10.0. The Morgan fingerprint density at radius 3 is 2.33 bits per heavy atom. The van der Waals surface area contributed by atoms with Gasteiger partial charge in [-0.25, -0.2) is 0 Å². The smallest absolute Gasteiger partial charge is 0.163 e. The van der Waals surface area contributed by atoms with Crippen molar-refractivity contribution in [3.05, 3.63) is 107 Å². The summed E-state index contributed by atoms with van der Waals surface area (Å²) in [5, 5.41) is 14.0. The molecule has 2 saturated carbocycles. The number of rotatable bonds is 4. The summed E-state index contributed by atoms with van der Waals surface area (Å²) in [6.07, 6.45) is 10.1. The maximum Gasteiger partial charge on any atom is 0.163 e. The Balaban J connectivity index is 0.000000258. The number of Topliss-reactive ketones (excluding diaryl/α,β-unsaturated/α-hetero) is 1. The number of para-hydroxylation sites is 2. The van der Waals surface area contributed by atoms with Gasteiger partial charge in [0.25, 0.3) is 0 Å². The van der Waals surface area contributed by atoms with Crippen LogP contribution >= 0.6 is 0 Å². The predicted molar refractivity (Wildman–Crippen MR) is 169 cm³/mol. The van der Waals surface area contributed by atoms with E-state index in [0.29, 0.717) is 11.5 Å². The second-order valence-corrected chi connectivity index (χ2v) is 11.9. The summed E-state index contributed by atoms with van der Waals surface area (Å²) in [5.74, 6) is 1.33. The van der Waals surface area contributed by atoms with Gasteiger partial charge in [0.15, 0.2) is 5.78 Å². The molecular weight excluding hydrogens is 711 g/mol. The number of phenolic OH excluding ortho intramolecular Hbond substituents is 1. The molecule has 0 amide bonds. The molecule has 4 nitrogen and oxygen atoms in total. The van der Waals surface area contributed by atoms with Gasteiger partial charge in [-0.1, -0.05) is 79.2 Å². The van der Waals surface area contributed by atoms with Crippen LogP contribution < -0.4 is 0 Å². The number of aromatic nitrogens is 1. The van der Waals surface area contributed by atoms with E-state index in [9.17, 15) is 4.79 Å².